The molecule has 0 fully saturated rings. The molecule has 2 aromatic rings. The number of ketones is 1. The monoisotopic (exact) mass is 366 g/mol. The lowest BCUT2D eigenvalue weighted by molar-refractivity contribution is 0.0992. The Kier molecular flexibility index (Phi) is 5.83. The van der Waals surface area contributed by atoms with Crippen LogP contribution in [0.2, 0.25) is 5.02 Å². The third kappa shape index (κ3) is 4.58. The maximum absolute atomic E-state index is 12.4. The van der Waals surface area contributed by atoms with Gasteiger partial charge in [0.05, 0.1) is 6.61 Å². The van der Waals surface area contributed by atoms with Crippen LogP contribution < -0.4 is 4.74 Å². The van der Waals surface area contributed by atoms with Crippen LogP contribution in [0, 0.1) is 0 Å². The number of halogens is 2. The number of ether oxygens (including phenoxy) is 1. The minimum absolute atomic E-state index is 0.0289. The van der Waals surface area contributed by atoms with E-state index in [1.807, 2.05) is 31.2 Å². The lowest BCUT2D eigenvalue weighted by Crippen LogP contribution is -2.05. The molecule has 110 valence electrons. The average molecular weight is 368 g/mol. The van der Waals surface area contributed by atoms with Gasteiger partial charge in [-0.25, -0.2) is 0 Å². The van der Waals surface area contributed by atoms with E-state index in [4.69, 9.17) is 16.3 Å². The lowest BCUT2D eigenvalue weighted by atomic mass is 10.0. The van der Waals surface area contributed by atoms with Gasteiger partial charge in [-0.3, -0.25) is 4.79 Å². The number of carbonyl (C=O) groups is 1. The zero-order valence-corrected chi connectivity index (χ0v) is 14.1. The highest BCUT2D eigenvalue weighted by atomic mass is 79.9. The van der Waals surface area contributed by atoms with Crippen molar-refractivity contribution in [3.63, 3.8) is 0 Å². The second-order valence-electron chi connectivity index (χ2n) is 4.71. The van der Waals surface area contributed by atoms with Gasteiger partial charge in [0.2, 0.25) is 0 Å². The Labute approximate surface area is 138 Å². The molecule has 0 bridgehead atoms. The quantitative estimate of drug-likeness (QED) is 0.646. The van der Waals surface area contributed by atoms with Crippen LogP contribution in [-0.2, 0) is 6.42 Å². The van der Waals surface area contributed by atoms with E-state index in [0.29, 0.717) is 17.2 Å². The predicted octanol–water partition coefficient (Wildman–Crippen LogP) is 5.32. The summed E-state index contributed by atoms with van der Waals surface area (Å²) in [5.74, 6) is 0.755. The summed E-state index contributed by atoms with van der Waals surface area (Å²) in [6.07, 6.45) is 1.22. The van der Waals surface area contributed by atoms with E-state index in [1.54, 1.807) is 18.2 Å². The SMILES string of the molecule is CCCOc1cccc(C(=O)Cc2ccc(Br)cc2Cl)c1. The molecule has 0 N–H and O–H groups in total. The summed E-state index contributed by atoms with van der Waals surface area (Å²) in [7, 11) is 0. The fourth-order valence-electron chi connectivity index (χ4n) is 1.92. The molecule has 0 saturated heterocycles. The maximum Gasteiger partial charge on any atom is 0.167 e. The van der Waals surface area contributed by atoms with E-state index < -0.39 is 0 Å². The Morgan fingerprint density at radius 3 is 2.76 bits per heavy atom. The molecule has 21 heavy (non-hydrogen) atoms. The van der Waals surface area contributed by atoms with Crippen molar-refractivity contribution in [1.82, 2.24) is 0 Å². The van der Waals surface area contributed by atoms with Crippen LogP contribution in [0.4, 0.5) is 0 Å². The van der Waals surface area contributed by atoms with Crippen LogP contribution in [-0.4, -0.2) is 12.4 Å². The van der Waals surface area contributed by atoms with Gasteiger partial charge in [-0.1, -0.05) is 52.7 Å². The van der Waals surface area contributed by atoms with E-state index in [1.165, 1.54) is 0 Å². The smallest absolute Gasteiger partial charge is 0.167 e. The molecule has 0 amide bonds. The van der Waals surface area contributed by atoms with Gasteiger partial charge in [0.15, 0.2) is 5.78 Å². The predicted molar refractivity (Wildman–Crippen MR) is 89.4 cm³/mol. The second-order valence-corrected chi connectivity index (χ2v) is 6.03. The molecule has 0 aliphatic rings. The first kappa shape index (κ1) is 16.1. The molecule has 2 nitrogen and oxygen atoms in total. The number of hydrogen-bond donors (Lipinski definition) is 0. The Hall–Kier alpha value is -1.32. The van der Waals surface area contributed by atoms with E-state index in [-0.39, 0.29) is 12.2 Å². The molecule has 2 rings (SSSR count). The second kappa shape index (κ2) is 7.62. The Balaban J connectivity index is 2.12. The summed E-state index contributed by atoms with van der Waals surface area (Å²) >= 11 is 9.51. The summed E-state index contributed by atoms with van der Waals surface area (Å²) in [6, 6.07) is 12.8. The van der Waals surface area contributed by atoms with Crippen molar-refractivity contribution < 1.29 is 9.53 Å². The van der Waals surface area contributed by atoms with Crippen LogP contribution in [0.1, 0.15) is 29.3 Å². The zero-order valence-electron chi connectivity index (χ0n) is 11.7. The summed E-state index contributed by atoms with van der Waals surface area (Å²) in [4.78, 5) is 12.4. The fraction of sp³-hybridized carbons (Fsp3) is 0.235. The van der Waals surface area contributed by atoms with Crippen molar-refractivity contribution in [3.05, 3.63) is 63.1 Å². The third-order valence-electron chi connectivity index (χ3n) is 2.99. The molecule has 0 saturated carbocycles. The number of Topliss-reactive ketones (excluding diaryl/α,β-unsaturated/α-hetero) is 1. The highest BCUT2D eigenvalue weighted by Gasteiger charge is 2.11. The maximum atomic E-state index is 12.4. The van der Waals surface area contributed by atoms with Crippen molar-refractivity contribution in [2.45, 2.75) is 19.8 Å². The average Bonchev–Trinajstić information content (AvgIpc) is 2.48. The Morgan fingerprint density at radius 1 is 1.24 bits per heavy atom. The van der Waals surface area contributed by atoms with Crippen molar-refractivity contribution in [2.24, 2.45) is 0 Å². The van der Waals surface area contributed by atoms with Crippen LogP contribution in [0.3, 0.4) is 0 Å². The van der Waals surface area contributed by atoms with Crippen LogP contribution in [0.15, 0.2) is 46.9 Å². The zero-order chi connectivity index (χ0) is 15.2. The van der Waals surface area contributed by atoms with Gasteiger partial charge in [-0.15, -0.1) is 0 Å². The Morgan fingerprint density at radius 2 is 2.05 bits per heavy atom. The molecule has 0 heterocycles. The van der Waals surface area contributed by atoms with E-state index in [2.05, 4.69) is 15.9 Å². The largest absolute Gasteiger partial charge is 0.494 e. The van der Waals surface area contributed by atoms with Crippen molar-refractivity contribution in [1.29, 1.82) is 0 Å². The van der Waals surface area contributed by atoms with Gasteiger partial charge >= 0.3 is 0 Å². The summed E-state index contributed by atoms with van der Waals surface area (Å²) in [6.45, 7) is 2.70. The molecule has 0 aromatic heterocycles. The molecule has 0 aliphatic carbocycles. The summed E-state index contributed by atoms with van der Waals surface area (Å²) < 4.78 is 6.45. The molecule has 0 radical (unpaired) electrons. The molecule has 0 unspecified atom stereocenters. The first-order valence-corrected chi connectivity index (χ1v) is 7.97. The number of hydrogen-bond acceptors (Lipinski definition) is 2. The van der Waals surface area contributed by atoms with Crippen LogP contribution in [0.25, 0.3) is 0 Å². The van der Waals surface area contributed by atoms with Crippen molar-refractivity contribution >= 4 is 33.3 Å². The normalized spacial score (nSPS) is 10.4. The van der Waals surface area contributed by atoms with Gasteiger partial charge in [-0.2, -0.15) is 0 Å². The van der Waals surface area contributed by atoms with E-state index in [9.17, 15) is 4.79 Å². The molecule has 2 aromatic carbocycles. The number of carbonyl (C=O) groups excluding carboxylic acids is 1. The molecule has 0 spiro atoms. The van der Waals surface area contributed by atoms with E-state index >= 15 is 0 Å². The standard InChI is InChI=1S/C17H16BrClO2/c1-2-8-21-15-5-3-4-13(9-15)17(20)10-12-6-7-14(18)11-16(12)19/h3-7,9,11H,2,8,10H2,1H3. The van der Waals surface area contributed by atoms with E-state index in [0.717, 1.165) is 22.2 Å². The minimum atomic E-state index is 0.0289. The summed E-state index contributed by atoms with van der Waals surface area (Å²) in [5.41, 5.74) is 1.47. The molecular formula is C17H16BrClO2. The topological polar surface area (TPSA) is 26.3 Å². The molecular weight excluding hydrogens is 352 g/mol. The van der Waals surface area contributed by atoms with Crippen molar-refractivity contribution in [2.75, 3.05) is 6.61 Å². The van der Waals surface area contributed by atoms with Gasteiger partial charge < -0.3 is 4.74 Å². The highest BCUT2D eigenvalue weighted by molar-refractivity contribution is 9.10. The third-order valence-corrected chi connectivity index (χ3v) is 3.84. The fourth-order valence-corrected chi connectivity index (χ4v) is 2.66. The van der Waals surface area contributed by atoms with Crippen molar-refractivity contribution in [3.8, 4) is 5.75 Å². The Bertz CT molecular complexity index is 640. The number of rotatable bonds is 6. The summed E-state index contributed by atoms with van der Waals surface area (Å²) in [5, 5.41) is 0.594. The molecule has 4 heteroatoms. The molecule has 0 atom stereocenters. The van der Waals surface area contributed by atoms with Gasteiger partial charge in [0.25, 0.3) is 0 Å². The first-order chi connectivity index (χ1) is 10.1. The highest BCUT2D eigenvalue weighted by Crippen LogP contribution is 2.23. The van der Waals surface area contributed by atoms with Gasteiger partial charge in [0, 0.05) is 21.5 Å². The lowest BCUT2D eigenvalue weighted by Gasteiger charge is -2.07. The van der Waals surface area contributed by atoms with Gasteiger partial charge in [0.1, 0.15) is 5.75 Å². The first-order valence-electron chi connectivity index (χ1n) is 6.80. The number of benzene rings is 2. The minimum Gasteiger partial charge on any atom is -0.494 e. The van der Waals surface area contributed by atoms with Crippen LogP contribution >= 0.6 is 27.5 Å². The van der Waals surface area contributed by atoms with Gasteiger partial charge in [-0.05, 0) is 36.2 Å². The van der Waals surface area contributed by atoms with Crippen LogP contribution in [0.5, 0.6) is 5.75 Å². The molecule has 0 aliphatic heterocycles.